The van der Waals surface area contributed by atoms with Gasteiger partial charge in [0, 0.05) is 25.7 Å². The van der Waals surface area contributed by atoms with E-state index in [9.17, 15) is 8.78 Å². The van der Waals surface area contributed by atoms with Crippen molar-refractivity contribution in [2.45, 2.75) is 13.0 Å². The molecule has 20 heavy (non-hydrogen) atoms. The molecule has 1 saturated heterocycles. The number of piperazine rings is 1. The maximum atomic E-state index is 13.7. The molecule has 3 rings (SSSR count). The van der Waals surface area contributed by atoms with Crippen molar-refractivity contribution < 1.29 is 8.78 Å². The van der Waals surface area contributed by atoms with Gasteiger partial charge in [0.2, 0.25) is 5.95 Å². The van der Waals surface area contributed by atoms with Gasteiger partial charge in [-0.15, -0.1) is 5.10 Å². The predicted molar refractivity (Wildman–Crippen MR) is 71.4 cm³/mol. The Hall–Kier alpha value is -2.02. The van der Waals surface area contributed by atoms with E-state index >= 15 is 0 Å². The average molecular weight is 279 g/mol. The number of nitrogens with one attached hydrogen (secondary N) is 2. The summed E-state index contributed by atoms with van der Waals surface area (Å²) in [5.41, 5.74) is 0.0898. The Morgan fingerprint density at radius 1 is 1.35 bits per heavy atom. The standard InChI is InChI=1S/C13H15F2N5/c1-8-7-20(5-4-16-8)13-17-12(18-19-13)10-6-9(14)2-3-11(10)15/h2-3,6,8,16H,4-5,7H2,1H3,(H,17,18,19). The first-order valence-corrected chi connectivity index (χ1v) is 6.49. The van der Waals surface area contributed by atoms with Gasteiger partial charge in [0.15, 0.2) is 5.82 Å². The second kappa shape index (κ2) is 5.16. The lowest BCUT2D eigenvalue weighted by molar-refractivity contribution is 0.480. The van der Waals surface area contributed by atoms with Crippen molar-refractivity contribution in [3.8, 4) is 11.4 Å². The number of anilines is 1. The number of benzene rings is 1. The van der Waals surface area contributed by atoms with Gasteiger partial charge in [-0.1, -0.05) is 0 Å². The van der Waals surface area contributed by atoms with E-state index in [4.69, 9.17) is 0 Å². The maximum absolute atomic E-state index is 13.7. The lowest BCUT2D eigenvalue weighted by Crippen LogP contribution is -2.49. The highest BCUT2D eigenvalue weighted by Gasteiger charge is 2.20. The Morgan fingerprint density at radius 2 is 2.20 bits per heavy atom. The molecule has 0 aliphatic carbocycles. The van der Waals surface area contributed by atoms with Crippen molar-refractivity contribution in [2.75, 3.05) is 24.5 Å². The van der Waals surface area contributed by atoms with Gasteiger partial charge in [-0.3, -0.25) is 5.10 Å². The zero-order valence-electron chi connectivity index (χ0n) is 11.0. The number of H-pyrrole nitrogens is 1. The van der Waals surface area contributed by atoms with Gasteiger partial charge in [-0.05, 0) is 25.1 Å². The van der Waals surface area contributed by atoms with Crippen LogP contribution in [0.2, 0.25) is 0 Å². The number of aromatic nitrogens is 3. The zero-order valence-corrected chi connectivity index (χ0v) is 11.0. The Labute approximate surface area is 115 Å². The average Bonchev–Trinajstić information content (AvgIpc) is 2.91. The first-order valence-electron chi connectivity index (χ1n) is 6.49. The van der Waals surface area contributed by atoms with Crippen molar-refractivity contribution >= 4 is 5.95 Å². The Balaban J connectivity index is 1.88. The van der Waals surface area contributed by atoms with E-state index in [-0.39, 0.29) is 11.4 Å². The van der Waals surface area contributed by atoms with Gasteiger partial charge >= 0.3 is 0 Å². The molecule has 1 atom stereocenters. The monoisotopic (exact) mass is 279 g/mol. The molecule has 2 N–H and O–H groups in total. The quantitative estimate of drug-likeness (QED) is 0.875. The Kier molecular flexibility index (Phi) is 3.35. The Morgan fingerprint density at radius 3 is 3.00 bits per heavy atom. The lowest BCUT2D eigenvalue weighted by atomic mass is 10.2. The van der Waals surface area contributed by atoms with Gasteiger partial charge in [0.25, 0.3) is 0 Å². The van der Waals surface area contributed by atoms with E-state index in [1.807, 2.05) is 4.90 Å². The molecular weight excluding hydrogens is 264 g/mol. The number of rotatable bonds is 2. The summed E-state index contributed by atoms with van der Waals surface area (Å²) in [4.78, 5) is 6.28. The summed E-state index contributed by atoms with van der Waals surface area (Å²) < 4.78 is 26.9. The lowest BCUT2D eigenvalue weighted by Gasteiger charge is -2.30. The summed E-state index contributed by atoms with van der Waals surface area (Å²) in [5, 5.41) is 10.1. The summed E-state index contributed by atoms with van der Waals surface area (Å²) >= 11 is 0. The molecule has 0 saturated carbocycles. The van der Waals surface area contributed by atoms with Crippen LogP contribution in [0.5, 0.6) is 0 Å². The van der Waals surface area contributed by atoms with Crippen molar-refractivity contribution in [3.63, 3.8) is 0 Å². The second-order valence-corrected chi connectivity index (χ2v) is 4.91. The van der Waals surface area contributed by atoms with E-state index in [1.54, 1.807) is 0 Å². The topological polar surface area (TPSA) is 56.8 Å². The summed E-state index contributed by atoms with van der Waals surface area (Å²) in [6, 6.07) is 3.62. The minimum Gasteiger partial charge on any atom is -0.337 e. The van der Waals surface area contributed by atoms with Crippen molar-refractivity contribution in [1.29, 1.82) is 0 Å². The third-order valence-corrected chi connectivity index (χ3v) is 3.31. The van der Waals surface area contributed by atoms with Crippen molar-refractivity contribution in [3.05, 3.63) is 29.8 Å². The van der Waals surface area contributed by atoms with Crippen molar-refractivity contribution in [1.82, 2.24) is 20.5 Å². The molecule has 1 aromatic carbocycles. The van der Waals surface area contributed by atoms with Crippen LogP contribution in [0.1, 0.15) is 6.92 Å². The molecule has 1 aromatic heterocycles. The van der Waals surface area contributed by atoms with Crippen LogP contribution in [0.3, 0.4) is 0 Å². The zero-order chi connectivity index (χ0) is 14.1. The molecule has 0 amide bonds. The fraction of sp³-hybridized carbons (Fsp3) is 0.385. The summed E-state index contributed by atoms with van der Waals surface area (Å²) in [6.45, 7) is 4.49. The number of aromatic amines is 1. The van der Waals surface area contributed by atoms with Crippen LogP contribution in [0.15, 0.2) is 18.2 Å². The third-order valence-electron chi connectivity index (χ3n) is 3.31. The smallest absolute Gasteiger partial charge is 0.245 e. The molecule has 1 aliphatic rings. The molecule has 2 heterocycles. The third kappa shape index (κ3) is 2.49. The van der Waals surface area contributed by atoms with Crippen LogP contribution in [0.4, 0.5) is 14.7 Å². The molecule has 2 aromatic rings. The molecule has 7 heteroatoms. The van der Waals surface area contributed by atoms with E-state index in [0.717, 1.165) is 37.8 Å². The minimum atomic E-state index is -0.525. The van der Waals surface area contributed by atoms with Gasteiger partial charge in [0.05, 0.1) is 5.56 Å². The molecule has 1 aliphatic heterocycles. The maximum Gasteiger partial charge on any atom is 0.245 e. The number of hydrogen-bond acceptors (Lipinski definition) is 4. The van der Waals surface area contributed by atoms with Crippen LogP contribution in [0, 0.1) is 11.6 Å². The largest absolute Gasteiger partial charge is 0.337 e. The van der Waals surface area contributed by atoms with Crippen LogP contribution in [-0.2, 0) is 0 Å². The summed E-state index contributed by atoms with van der Waals surface area (Å²) in [6.07, 6.45) is 0. The summed E-state index contributed by atoms with van der Waals surface area (Å²) in [7, 11) is 0. The molecule has 1 fully saturated rings. The Bertz CT molecular complexity index is 613. The van der Waals surface area contributed by atoms with E-state index in [0.29, 0.717) is 12.0 Å². The van der Waals surface area contributed by atoms with Crippen LogP contribution < -0.4 is 10.2 Å². The van der Waals surface area contributed by atoms with Gasteiger partial charge in [-0.2, -0.15) is 4.98 Å². The predicted octanol–water partition coefficient (Wildman–Crippen LogP) is 1.55. The van der Waals surface area contributed by atoms with Gasteiger partial charge in [0.1, 0.15) is 11.6 Å². The second-order valence-electron chi connectivity index (χ2n) is 4.91. The molecule has 0 bridgehead atoms. The SMILES string of the molecule is CC1CN(c2n[nH]c(-c3cc(F)ccc3F)n2)CCN1. The number of hydrogen-bond donors (Lipinski definition) is 2. The number of halogens is 2. The van der Waals surface area contributed by atoms with E-state index in [1.165, 1.54) is 0 Å². The molecule has 0 spiro atoms. The highest BCUT2D eigenvalue weighted by atomic mass is 19.1. The fourth-order valence-electron chi connectivity index (χ4n) is 2.31. The molecule has 0 radical (unpaired) electrons. The van der Waals surface area contributed by atoms with Crippen molar-refractivity contribution in [2.24, 2.45) is 0 Å². The van der Waals surface area contributed by atoms with Crippen LogP contribution in [-0.4, -0.2) is 40.9 Å². The molecule has 5 nitrogen and oxygen atoms in total. The first-order chi connectivity index (χ1) is 9.63. The minimum absolute atomic E-state index is 0.0898. The van der Waals surface area contributed by atoms with Crippen LogP contribution in [0.25, 0.3) is 11.4 Å². The highest BCUT2D eigenvalue weighted by molar-refractivity contribution is 5.57. The first kappa shape index (κ1) is 13.0. The molecule has 106 valence electrons. The normalized spacial score (nSPS) is 19.4. The van der Waals surface area contributed by atoms with Gasteiger partial charge in [-0.25, -0.2) is 8.78 Å². The number of nitrogens with zero attached hydrogens (tertiary/aromatic N) is 3. The van der Waals surface area contributed by atoms with Gasteiger partial charge < -0.3 is 10.2 Å². The van der Waals surface area contributed by atoms with E-state index < -0.39 is 11.6 Å². The van der Waals surface area contributed by atoms with E-state index in [2.05, 4.69) is 27.4 Å². The van der Waals surface area contributed by atoms with Crippen LogP contribution >= 0.6 is 0 Å². The fourth-order valence-corrected chi connectivity index (χ4v) is 2.31. The molecular formula is C13H15F2N5. The summed E-state index contributed by atoms with van der Waals surface area (Å²) in [5.74, 6) is -0.280. The highest BCUT2D eigenvalue weighted by Crippen LogP contribution is 2.22. The molecule has 1 unspecified atom stereocenters.